The van der Waals surface area contributed by atoms with Crippen LogP contribution in [0.4, 0.5) is 5.69 Å². The van der Waals surface area contributed by atoms with Crippen molar-refractivity contribution in [2.24, 2.45) is 0 Å². The predicted octanol–water partition coefficient (Wildman–Crippen LogP) is 1.61. The Morgan fingerprint density at radius 1 is 1.24 bits per heavy atom. The highest BCUT2D eigenvalue weighted by Gasteiger charge is 2.18. The van der Waals surface area contributed by atoms with Crippen molar-refractivity contribution in [1.82, 2.24) is 0 Å². The lowest BCUT2D eigenvalue weighted by Gasteiger charge is -2.21. The van der Waals surface area contributed by atoms with E-state index in [1.807, 2.05) is 18.2 Å². The van der Waals surface area contributed by atoms with Crippen LogP contribution < -0.4 is 4.90 Å². The van der Waals surface area contributed by atoms with Gasteiger partial charge in [-0.1, -0.05) is 12.1 Å². The molecule has 94 valence electrons. The van der Waals surface area contributed by atoms with E-state index in [4.69, 9.17) is 0 Å². The second-order valence-corrected chi connectivity index (χ2v) is 4.85. The number of nitrogens with zero attached hydrogens (tertiary/aromatic N) is 1. The number of aliphatic hydroxyl groups excluding tert-OH is 2. The number of hydrogen-bond acceptors (Lipinski definition) is 4. The second kappa shape index (κ2) is 5.76. The van der Waals surface area contributed by atoms with E-state index in [0.717, 1.165) is 24.3 Å². The molecular weight excluding hydrogens is 234 g/mol. The Hall–Kier alpha value is -0.710. The van der Waals surface area contributed by atoms with E-state index in [1.165, 1.54) is 12.8 Å². The molecule has 0 aromatic heterocycles. The first-order valence-electron chi connectivity index (χ1n) is 6.04. The molecule has 0 spiro atoms. The summed E-state index contributed by atoms with van der Waals surface area (Å²) < 4.78 is 0. The molecule has 2 unspecified atom stereocenters. The lowest BCUT2D eigenvalue weighted by Crippen LogP contribution is -2.21. The molecule has 2 N–H and O–H groups in total. The number of rotatable bonds is 4. The van der Waals surface area contributed by atoms with Crippen LogP contribution in [0.1, 0.15) is 24.5 Å². The van der Waals surface area contributed by atoms with Gasteiger partial charge in [0.15, 0.2) is 0 Å². The summed E-state index contributed by atoms with van der Waals surface area (Å²) in [5.74, 6) is 0.259. The van der Waals surface area contributed by atoms with E-state index in [9.17, 15) is 10.2 Å². The molecule has 17 heavy (non-hydrogen) atoms. The SMILES string of the molecule is OC(CS)C(O)c1cccc(N2CCCC2)c1. The van der Waals surface area contributed by atoms with Crippen molar-refractivity contribution < 1.29 is 10.2 Å². The summed E-state index contributed by atoms with van der Waals surface area (Å²) in [6.45, 7) is 2.16. The Morgan fingerprint density at radius 2 is 1.94 bits per heavy atom. The molecule has 1 fully saturated rings. The van der Waals surface area contributed by atoms with Gasteiger partial charge >= 0.3 is 0 Å². The maximum atomic E-state index is 9.94. The molecule has 1 saturated heterocycles. The van der Waals surface area contributed by atoms with E-state index >= 15 is 0 Å². The summed E-state index contributed by atoms with van der Waals surface area (Å²) in [7, 11) is 0. The minimum Gasteiger partial charge on any atom is -0.389 e. The maximum absolute atomic E-state index is 9.94. The highest BCUT2D eigenvalue weighted by atomic mass is 32.1. The molecule has 0 amide bonds. The fourth-order valence-corrected chi connectivity index (χ4v) is 2.40. The third-order valence-electron chi connectivity index (χ3n) is 3.23. The zero-order valence-electron chi connectivity index (χ0n) is 9.79. The number of benzene rings is 1. The molecule has 1 aromatic carbocycles. The molecular formula is C13H19NO2S. The summed E-state index contributed by atoms with van der Waals surface area (Å²) in [6, 6.07) is 7.78. The predicted molar refractivity (Wildman–Crippen MR) is 72.7 cm³/mol. The topological polar surface area (TPSA) is 43.7 Å². The van der Waals surface area contributed by atoms with Crippen molar-refractivity contribution in [3.05, 3.63) is 29.8 Å². The average molecular weight is 253 g/mol. The van der Waals surface area contributed by atoms with Gasteiger partial charge in [-0.25, -0.2) is 0 Å². The normalized spacial score (nSPS) is 19.4. The minimum atomic E-state index is -0.852. The molecule has 0 aliphatic carbocycles. The summed E-state index contributed by atoms with van der Waals surface area (Å²) in [6.07, 6.45) is 0.792. The van der Waals surface area contributed by atoms with Crippen molar-refractivity contribution >= 4 is 18.3 Å². The molecule has 2 atom stereocenters. The van der Waals surface area contributed by atoms with Gasteiger partial charge in [0, 0.05) is 24.5 Å². The van der Waals surface area contributed by atoms with Crippen LogP contribution in [0.5, 0.6) is 0 Å². The summed E-state index contributed by atoms with van der Waals surface area (Å²) in [5.41, 5.74) is 1.89. The first-order valence-corrected chi connectivity index (χ1v) is 6.67. The fraction of sp³-hybridized carbons (Fsp3) is 0.538. The van der Waals surface area contributed by atoms with E-state index in [2.05, 4.69) is 23.6 Å². The Kier molecular flexibility index (Phi) is 4.31. The van der Waals surface area contributed by atoms with Crippen LogP contribution in [0.2, 0.25) is 0 Å². The zero-order chi connectivity index (χ0) is 12.3. The zero-order valence-corrected chi connectivity index (χ0v) is 10.7. The van der Waals surface area contributed by atoms with Gasteiger partial charge in [-0.05, 0) is 30.5 Å². The fourth-order valence-electron chi connectivity index (χ4n) is 2.20. The summed E-state index contributed by atoms with van der Waals surface area (Å²) >= 11 is 4.00. The summed E-state index contributed by atoms with van der Waals surface area (Å²) in [4.78, 5) is 2.31. The van der Waals surface area contributed by atoms with Gasteiger partial charge in [0.1, 0.15) is 6.10 Å². The van der Waals surface area contributed by atoms with E-state index < -0.39 is 12.2 Å². The van der Waals surface area contributed by atoms with Crippen LogP contribution >= 0.6 is 12.6 Å². The molecule has 1 aliphatic heterocycles. The first-order chi connectivity index (χ1) is 8.22. The Labute approximate surface area is 107 Å². The lowest BCUT2D eigenvalue weighted by molar-refractivity contribution is 0.0338. The Bertz CT molecular complexity index is 366. The van der Waals surface area contributed by atoms with Crippen molar-refractivity contribution in [1.29, 1.82) is 0 Å². The van der Waals surface area contributed by atoms with E-state index in [1.54, 1.807) is 0 Å². The molecule has 4 heteroatoms. The standard InChI is InChI=1S/C13H19NO2S/c15-12(9-17)13(16)10-4-3-5-11(8-10)14-6-1-2-7-14/h3-5,8,12-13,15-17H,1-2,6-7,9H2. The molecule has 1 aliphatic rings. The maximum Gasteiger partial charge on any atom is 0.106 e. The van der Waals surface area contributed by atoms with Gasteiger partial charge in [0.05, 0.1) is 6.10 Å². The van der Waals surface area contributed by atoms with Crippen LogP contribution in [0.25, 0.3) is 0 Å². The average Bonchev–Trinajstić information content (AvgIpc) is 2.91. The molecule has 0 saturated carbocycles. The number of anilines is 1. The molecule has 1 heterocycles. The van der Waals surface area contributed by atoms with Crippen LogP contribution in [0.15, 0.2) is 24.3 Å². The number of hydrogen-bond donors (Lipinski definition) is 3. The number of aliphatic hydroxyl groups is 2. The largest absolute Gasteiger partial charge is 0.389 e. The third kappa shape index (κ3) is 2.94. The molecule has 0 bridgehead atoms. The monoisotopic (exact) mass is 253 g/mol. The molecule has 0 radical (unpaired) electrons. The molecule has 3 nitrogen and oxygen atoms in total. The van der Waals surface area contributed by atoms with Crippen molar-refractivity contribution in [2.75, 3.05) is 23.7 Å². The van der Waals surface area contributed by atoms with Gasteiger partial charge in [-0.3, -0.25) is 0 Å². The number of thiol groups is 1. The van der Waals surface area contributed by atoms with Gasteiger partial charge in [0.25, 0.3) is 0 Å². The van der Waals surface area contributed by atoms with Gasteiger partial charge < -0.3 is 15.1 Å². The van der Waals surface area contributed by atoms with Crippen LogP contribution in [0.3, 0.4) is 0 Å². The molecule has 1 aromatic rings. The highest BCUT2D eigenvalue weighted by Crippen LogP contribution is 2.25. The van der Waals surface area contributed by atoms with E-state index in [-0.39, 0.29) is 5.75 Å². The van der Waals surface area contributed by atoms with Crippen molar-refractivity contribution in [2.45, 2.75) is 25.0 Å². The highest BCUT2D eigenvalue weighted by molar-refractivity contribution is 7.80. The lowest BCUT2D eigenvalue weighted by atomic mass is 10.0. The van der Waals surface area contributed by atoms with Gasteiger partial charge in [0.2, 0.25) is 0 Å². The van der Waals surface area contributed by atoms with E-state index in [0.29, 0.717) is 0 Å². The van der Waals surface area contributed by atoms with Crippen LogP contribution in [0, 0.1) is 0 Å². The third-order valence-corrected chi connectivity index (χ3v) is 3.61. The molecule has 2 rings (SSSR count). The van der Waals surface area contributed by atoms with Crippen LogP contribution in [-0.2, 0) is 0 Å². The van der Waals surface area contributed by atoms with Gasteiger partial charge in [-0.2, -0.15) is 12.6 Å². The van der Waals surface area contributed by atoms with Gasteiger partial charge in [-0.15, -0.1) is 0 Å². The smallest absolute Gasteiger partial charge is 0.106 e. The minimum absolute atomic E-state index is 0.259. The Balaban J connectivity index is 2.15. The van der Waals surface area contributed by atoms with Crippen LogP contribution in [-0.4, -0.2) is 35.2 Å². The van der Waals surface area contributed by atoms with Crippen molar-refractivity contribution in [3.8, 4) is 0 Å². The van der Waals surface area contributed by atoms with Crippen molar-refractivity contribution in [3.63, 3.8) is 0 Å². The quantitative estimate of drug-likeness (QED) is 0.714. The first kappa shape index (κ1) is 12.7. The summed E-state index contributed by atoms with van der Waals surface area (Å²) in [5, 5.41) is 19.5. The second-order valence-electron chi connectivity index (χ2n) is 4.48. The Morgan fingerprint density at radius 3 is 2.59 bits per heavy atom.